The molecule has 0 spiro atoms. The first-order valence-electron chi connectivity index (χ1n) is 2.65. The third-order valence-corrected chi connectivity index (χ3v) is 0.702. The molecule has 0 heterocycles. The summed E-state index contributed by atoms with van der Waals surface area (Å²) in [5.74, 6) is 0. The van der Waals surface area contributed by atoms with Gasteiger partial charge in [0.1, 0.15) is 0 Å². The summed E-state index contributed by atoms with van der Waals surface area (Å²) in [6.45, 7) is 0. The second kappa shape index (κ2) is 14.3. The van der Waals surface area contributed by atoms with E-state index in [1.165, 1.54) is 0 Å². The molecule has 0 aliphatic rings. The van der Waals surface area contributed by atoms with Crippen LogP contribution in [0.1, 0.15) is 0 Å². The summed E-state index contributed by atoms with van der Waals surface area (Å²) in [6, 6.07) is 24.0. The molecule has 0 aliphatic carbocycles. The summed E-state index contributed by atoms with van der Waals surface area (Å²) in [5, 5.41) is 0. The first kappa shape index (κ1) is 18.5. The molecule has 0 fully saturated rings. The first-order valence-corrected chi connectivity index (χ1v) is 2.65. The Kier molecular flexibility index (Phi) is 20.4. The maximum atomic E-state index is 2.62. The third kappa shape index (κ3) is 11.8. The van der Waals surface area contributed by atoms with E-state index in [2.05, 4.69) is 48.5 Å². The van der Waals surface area contributed by atoms with Crippen molar-refractivity contribution >= 4 is 12.4 Å². The van der Waals surface area contributed by atoms with Crippen molar-refractivity contribution in [2.45, 2.75) is 0 Å². The molecule has 13 heavy (non-hydrogen) atoms. The van der Waals surface area contributed by atoms with E-state index in [1.54, 1.807) is 12.1 Å². The van der Waals surface area contributed by atoms with Gasteiger partial charge < -0.3 is 73.1 Å². The number of hydrogen-bond acceptors (Lipinski definition) is 0. The van der Waals surface area contributed by atoms with E-state index in [0.717, 1.165) is 0 Å². The summed E-state index contributed by atoms with van der Waals surface area (Å²) in [5.41, 5.74) is 0. The molecule has 74 valence electrons. The van der Waals surface area contributed by atoms with Gasteiger partial charge in [0.15, 0.2) is 0 Å². The molecule has 0 aliphatic heterocycles. The smallest absolute Gasteiger partial charge is 1.00 e. The van der Waals surface area contributed by atoms with Crippen LogP contribution in [0.5, 0.6) is 0 Å². The van der Waals surface area contributed by atoms with Gasteiger partial charge in [-0.25, -0.2) is 0 Å². The van der Waals surface area contributed by atoms with Crippen LogP contribution in [0.3, 0.4) is 0 Å². The minimum Gasteiger partial charge on any atom is -1.00 e. The van der Waals surface area contributed by atoms with Crippen LogP contribution in [0.4, 0.5) is 0 Å². The average Bonchev–Trinajstić information content (AvgIpc) is 2.67. The molecule has 2 aromatic carbocycles. The molecule has 0 amide bonds. The molecule has 2 rings (SSSR count). The van der Waals surface area contributed by atoms with Crippen molar-refractivity contribution in [1.29, 1.82) is 0 Å². The van der Waals surface area contributed by atoms with E-state index < -0.39 is 0 Å². The molecule has 0 aromatic heterocycles. The van der Waals surface area contributed by atoms with Crippen LogP contribution in [0.2, 0.25) is 0 Å². The number of halogens is 2. The van der Waals surface area contributed by atoms with Crippen LogP contribution in [0.25, 0.3) is 0 Å². The molecule has 0 atom stereocenters. The Bertz CT molecular complexity index is 152. The van der Waals surface area contributed by atoms with Crippen molar-refractivity contribution in [2.75, 3.05) is 0 Å². The molecular formula is C10H3Cl2Co-8. The van der Waals surface area contributed by atoms with Gasteiger partial charge in [-0.3, -0.25) is 0 Å². The Labute approximate surface area is 102 Å². The van der Waals surface area contributed by atoms with Gasteiger partial charge >= 0.3 is 16.8 Å². The summed E-state index contributed by atoms with van der Waals surface area (Å²) in [4.78, 5) is 0. The Hall–Kier alpha value is -0.214. The van der Waals surface area contributed by atoms with Crippen molar-refractivity contribution in [3.63, 3.8) is 0 Å². The topological polar surface area (TPSA) is 0 Å². The van der Waals surface area contributed by atoms with Crippen LogP contribution in [-0.4, -0.2) is 0 Å². The maximum absolute atomic E-state index is 2.62. The van der Waals surface area contributed by atoms with Gasteiger partial charge in [0.05, 0.1) is 0 Å². The fourth-order valence-corrected chi connectivity index (χ4v) is 0.361. The predicted molar refractivity (Wildman–Crippen MR) is 42.0 cm³/mol. The van der Waals surface area contributed by atoms with E-state index in [1.807, 2.05) is 0 Å². The van der Waals surface area contributed by atoms with Gasteiger partial charge in [-0.2, -0.15) is 0 Å². The predicted octanol–water partition coefficient (Wildman–Crippen LogP) is -1.36. The number of rotatable bonds is 0. The van der Waals surface area contributed by atoms with Crippen molar-refractivity contribution in [3.8, 4) is 0 Å². The monoisotopic (exact) mass is 252 g/mol. The second-order valence-corrected chi connectivity index (χ2v) is 1.37. The molecule has 0 N–H and O–H groups in total. The molecule has 0 bridgehead atoms. The van der Waals surface area contributed by atoms with E-state index in [-0.39, 0.29) is 41.6 Å². The fourth-order valence-electron chi connectivity index (χ4n) is 0.361. The van der Waals surface area contributed by atoms with Crippen molar-refractivity contribution in [3.05, 3.63) is 60.7 Å². The Morgan fingerprint density at radius 2 is 0.846 bits per heavy atom. The molecule has 0 saturated carbocycles. The molecule has 3 heteroatoms. The Morgan fingerprint density at radius 3 is 0.923 bits per heavy atom. The summed E-state index contributed by atoms with van der Waals surface area (Å²) in [7, 11) is 0. The average molecular weight is 253 g/mol. The van der Waals surface area contributed by atoms with Gasteiger partial charge in [-0.1, -0.05) is 0 Å². The molecule has 0 unspecified atom stereocenters. The fraction of sp³-hybridized carbons (Fsp3) is 0. The zero-order valence-electron chi connectivity index (χ0n) is 6.27. The number of hydrogen-bond donors (Lipinski definition) is 0. The molecule has 0 saturated heterocycles. The van der Waals surface area contributed by atoms with Crippen LogP contribution < -0.4 is 12.4 Å². The molecule has 2 aromatic rings. The van der Waals surface area contributed by atoms with Crippen LogP contribution in [-0.2, 0) is 16.8 Å². The summed E-state index contributed by atoms with van der Waals surface area (Å²) < 4.78 is 0. The van der Waals surface area contributed by atoms with Crippen molar-refractivity contribution in [1.82, 2.24) is 0 Å². The van der Waals surface area contributed by atoms with Gasteiger partial charge in [0, 0.05) is 0 Å². The zero-order valence-corrected chi connectivity index (χ0v) is 8.89. The second-order valence-electron chi connectivity index (χ2n) is 1.37. The van der Waals surface area contributed by atoms with E-state index in [4.69, 9.17) is 0 Å². The molecule has 0 radical (unpaired) electrons. The molecule has 0 nitrogen and oxygen atoms in total. The zero-order chi connectivity index (χ0) is 7.07. The van der Waals surface area contributed by atoms with Crippen LogP contribution >= 0.6 is 12.4 Å². The van der Waals surface area contributed by atoms with E-state index in [9.17, 15) is 0 Å². The molecular weight excluding hydrogens is 250 g/mol. The van der Waals surface area contributed by atoms with Gasteiger partial charge in [-0.05, 0) is 0 Å². The van der Waals surface area contributed by atoms with Gasteiger partial charge in [0.25, 0.3) is 0 Å². The van der Waals surface area contributed by atoms with Crippen LogP contribution in [0.15, 0.2) is 12.1 Å². The Morgan fingerprint density at radius 1 is 0.615 bits per heavy atom. The summed E-state index contributed by atoms with van der Waals surface area (Å²) >= 11 is 0. The minimum atomic E-state index is 0. The van der Waals surface area contributed by atoms with Crippen molar-refractivity contribution < 1.29 is 29.2 Å². The minimum absolute atomic E-state index is 0. The first-order chi connectivity index (χ1) is 5.00. The SMILES string of the molecule is Cl.[Cl-].[Co+3].[c-]1[c-][c-][cH-][c-]1.[c-]1[c-][c-][cH-][c-]1. The third-order valence-electron chi connectivity index (χ3n) is 0.702. The van der Waals surface area contributed by atoms with E-state index >= 15 is 0 Å². The van der Waals surface area contributed by atoms with Crippen LogP contribution in [0, 0.1) is 48.5 Å². The normalized spacial score (nSPS) is 6.15. The van der Waals surface area contributed by atoms with E-state index in [0.29, 0.717) is 0 Å². The Balaban J connectivity index is -0.000000125. The summed E-state index contributed by atoms with van der Waals surface area (Å²) in [6.07, 6.45) is 0. The maximum Gasteiger partial charge on any atom is 3.00 e. The quantitative estimate of drug-likeness (QED) is 0.508. The van der Waals surface area contributed by atoms with Gasteiger partial charge in [0.2, 0.25) is 0 Å². The van der Waals surface area contributed by atoms with Gasteiger partial charge in [-0.15, -0.1) is 12.4 Å². The standard InChI is InChI=1S/2C5H.2ClH.Co/c2*1-2-4-5-3-1;;;/h2*1H;2*1H;/q2*-5;;;+3/p-1. The largest absolute Gasteiger partial charge is 3.00 e. The van der Waals surface area contributed by atoms with Crippen molar-refractivity contribution in [2.24, 2.45) is 0 Å².